The fraction of sp³-hybridized carbons (Fsp3) is 0.692. The van der Waals surface area contributed by atoms with Gasteiger partial charge in [0.2, 0.25) is 5.91 Å². The second kappa shape index (κ2) is 5.36. The van der Waals surface area contributed by atoms with Gasteiger partial charge in [-0.3, -0.25) is 4.79 Å². The summed E-state index contributed by atoms with van der Waals surface area (Å²) < 4.78 is 5.33. The molecule has 2 aliphatic heterocycles. The first-order chi connectivity index (χ1) is 8.86. The molecule has 1 aromatic heterocycles. The second-order valence-corrected chi connectivity index (χ2v) is 5.90. The maximum absolute atomic E-state index is 12.5. The average Bonchev–Trinajstić information content (AvgIpc) is 3.11. The lowest BCUT2D eigenvalue weighted by Gasteiger charge is -2.36. The summed E-state index contributed by atoms with van der Waals surface area (Å²) in [5, 5.41) is 3.08. The lowest BCUT2D eigenvalue weighted by molar-refractivity contribution is -0.139. The van der Waals surface area contributed by atoms with Gasteiger partial charge in [0.15, 0.2) is 0 Å². The van der Waals surface area contributed by atoms with Crippen LogP contribution in [0.3, 0.4) is 0 Å². The SMILES string of the molecule is O=C(C1CCOC1)N1CCCCC1c1nccs1. The number of likely N-dealkylation sites (tertiary alicyclic amines) is 1. The Morgan fingerprint density at radius 2 is 2.39 bits per heavy atom. The van der Waals surface area contributed by atoms with Crippen molar-refractivity contribution in [1.29, 1.82) is 0 Å². The van der Waals surface area contributed by atoms with Gasteiger partial charge < -0.3 is 9.64 Å². The predicted molar refractivity (Wildman–Crippen MR) is 69.3 cm³/mol. The molecule has 4 nitrogen and oxygen atoms in total. The summed E-state index contributed by atoms with van der Waals surface area (Å²) in [6.07, 6.45) is 6.05. The molecule has 3 rings (SSSR count). The molecular formula is C13H18N2O2S. The Labute approximate surface area is 111 Å². The van der Waals surface area contributed by atoms with Crippen molar-refractivity contribution in [2.75, 3.05) is 19.8 Å². The molecule has 0 bridgehead atoms. The van der Waals surface area contributed by atoms with Crippen molar-refractivity contribution in [1.82, 2.24) is 9.88 Å². The summed E-state index contributed by atoms with van der Waals surface area (Å²) in [7, 11) is 0. The standard InChI is InChI=1S/C13H18N2O2S/c16-13(10-4-7-17-9-10)15-6-2-1-3-11(15)12-14-5-8-18-12/h5,8,10-11H,1-4,6-7,9H2. The number of rotatable bonds is 2. The Kier molecular flexibility index (Phi) is 3.61. The number of piperidine rings is 1. The molecule has 2 saturated heterocycles. The quantitative estimate of drug-likeness (QED) is 0.824. The Bertz CT molecular complexity index is 401. The van der Waals surface area contributed by atoms with Crippen LogP contribution in [-0.4, -0.2) is 35.5 Å². The van der Waals surface area contributed by atoms with Gasteiger partial charge in [-0.05, 0) is 25.7 Å². The minimum absolute atomic E-state index is 0.0746. The zero-order valence-electron chi connectivity index (χ0n) is 10.4. The molecule has 0 radical (unpaired) electrons. The Hall–Kier alpha value is -0.940. The molecule has 0 N–H and O–H groups in total. The molecule has 2 unspecified atom stereocenters. The summed E-state index contributed by atoms with van der Waals surface area (Å²) in [6, 6.07) is 0.201. The van der Waals surface area contributed by atoms with Crippen LogP contribution in [0, 0.1) is 5.92 Å². The molecule has 18 heavy (non-hydrogen) atoms. The zero-order valence-corrected chi connectivity index (χ0v) is 11.2. The highest BCUT2D eigenvalue weighted by Crippen LogP contribution is 2.33. The summed E-state index contributed by atoms with van der Waals surface area (Å²) in [6.45, 7) is 2.20. The van der Waals surface area contributed by atoms with E-state index in [0.717, 1.165) is 37.4 Å². The van der Waals surface area contributed by atoms with Crippen molar-refractivity contribution in [3.05, 3.63) is 16.6 Å². The number of nitrogens with zero attached hydrogens (tertiary/aromatic N) is 2. The van der Waals surface area contributed by atoms with Gasteiger partial charge in [-0.2, -0.15) is 0 Å². The van der Waals surface area contributed by atoms with E-state index in [1.807, 2.05) is 16.5 Å². The number of aromatic nitrogens is 1. The largest absolute Gasteiger partial charge is 0.381 e. The molecule has 0 saturated carbocycles. The molecule has 0 aromatic carbocycles. The minimum atomic E-state index is 0.0746. The van der Waals surface area contributed by atoms with Crippen LogP contribution in [0.15, 0.2) is 11.6 Å². The van der Waals surface area contributed by atoms with Crippen molar-refractivity contribution in [2.24, 2.45) is 5.92 Å². The Balaban J connectivity index is 1.77. The van der Waals surface area contributed by atoms with Gasteiger partial charge >= 0.3 is 0 Å². The summed E-state index contributed by atoms with van der Waals surface area (Å²) in [5.41, 5.74) is 0. The van der Waals surface area contributed by atoms with E-state index in [2.05, 4.69) is 4.98 Å². The molecule has 0 spiro atoms. The number of carbonyl (C=O) groups excluding carboxylic acids is 1. The summed E-state index contributed by atoms with van der Waals surface area (Å²) in [5.74, 6) is 0.345. The highest BCUT2D eigenvalue weighted by atomic mass is 32.1. The number of hydrogen-bond donors (Lipinski definition) is 0. The van der Waals surface area contributed by atoms with Crippen LogP contribution < -0.4 is 0 Å². The lowest BCUT2D eigenvalue weighted by Crippen LogP contribution is -2.42. The van der Waals surface area contributed by atoms with E-state index in [-0.39, 0.29) is 17.9 Å². The van der Waals surface area contributed by atoms with E-state index in [0.29, 0.717) is 6.61 Å². The second-order valence-electron chi connectivity index (χ2n) is 4.97. The number of thiazole rings is 1. The van der Waals surface area contributed by atoms with E-state index in [9.17, 15) is 4.79 Å². The molecule has 0 aliphatic carbocycles. The summed E-state index contributed by atoms with van der Waals surface area (Å²) in [4.78, 5) is 19.0. The van der Waals surface area contributed by atoms with E-state index < -0.39 is 0 Å². The number of hydrogen-bond acceptors (Lipinski definition) is 4. The van der Waals surface area contributed by atoms with Crippen molar-refractivity contribution in [2.45, 2.75) is 31.7 Å². The first-order valence-corrected chi connectivity index (χ1v) is 7.52. The maximum atomic E-state index is 12.5. The third-order valence-electron chi connectivity index (χ3n) is 3.80. The van der Waals surface area contributed by atoms with E-state index in [4.69, 9.17) is 4.74 Å². The van der Waals surface area contributed by atoms with Crippen molar-refractivity contribution in [3.8, 4) is 0 Å². The molecule has 1 amide bonds. The molecule has 2 fully saturated rings. The zero-order chi connectivity index (χ0) is 12.4. The van der Waals surface area contributed by atoms with E-state index >= 15 is 0 Å². The van der Waals surface area contributed by atoms with Gasteiger partial charge in [-0.15, -0.1) is 11.3 Å². The van der Waals surface area contributed by atoms with Gasteiger partial charge in [0.1, 0.15) is 5.01 Å². The van der Waals surface area contributed by atoms with Crippen LogP contribution in [-0.2, 0) is 9.53 Å². The van der Waals surface area contributed by atoms with Crippen LogP contribution in [0.2, 0.25) is 0 Å². The number of carbonyl (C=O) groups is 1. The van der Waals surface area contributed by atoms with Crippen molar-refractivity contribution in [3.63, 3.8) is 0 Å². The monoisotopic (exact) mass is 266 g/mol. The molecule has 2 atom stereocenters. The third-order valence-corrected chi connectivity index (χ3v) is 4.68. The normalized spacial score (nSPS) is 28.6. The molecule has 2 aliphatic rings. The molecule has 3 heterocycles. The third kappa shape index (κ3) is 2.29. The molecule has 5 heteroatoms. The highest BCUT2D eigenvalue weighted by Gasteiger charge is 2.34. The average molecular weight is 266 g/mol. The van der Waals surface area contributed by atoms with E-state index in [1.54, 1.807) is 11.3 Å². The summed E-state index contributed by atoms with van der Waals surface area (Å²) >= 11 is 1.66. The number of amides is 1. The van der Waals surface area contributed by atoms with Crippen molar-refractivity contribution >= 4 is 17.2 Å². The van der Waals surface area contributed by atoms with Gasteiger partial charge in [-0.25, -0.2) is 4.98 Å². The topological polar surface area (TPSA) is 42.4 Å². The lowest BCUT2D eigenvalue weighted by atomic mass is 9.99. The minimum Gasteiger partial charge on any atom is -0.381 e. The highest BCUT2D eigenvalue weighted by molar-refractivity contribution is 7.09. The first-order valence-electron chi connectivity index (χ1n) is 6.64. The Morgan fingerprint density at radius 3 is 3.11 bits per heavy atom. The smallest absolute Gasteiger partial charge is 0.228 e. The van der Waals surface area contributed by atoms with Crippen molar-refractivity contribution < 1.29 is 9.53 Å². The van der Waals surface area contributed by atoms with Gasteiger partial charge in [0.25, 0.3) is 0 Å². The maximum Gasteiger partial charge on any atom is 0.228 e. The Morgan fingerprint density at radius 1 is 1.44 bits per heavy atom. The van der Waals surface area contributed by atoms with Crippen LogP contribution in [0.5, 0.6) is 0 Å². The first kappa shape index (κ1) is 12.1. The fourth-order valence-electron chi connectivity index (χ4n) is 2.81. The van der Waals surface area contributed by atoms with Crippen LogP contribution in [0.25, 0.3) is 0 Å². The molecule has 1 aromatic rings. The molecular weight excluding hydrogens is 248 g/mol. The van der Waals surface area contributed by atoms with Gasteiger partial charge in [0, 0.05) is 24.7 Å². The van der Waals surface area contributed by atoms with Gasteiger partial charge in [-0.1, -0.05) is 0 Å². The van der Waals surface area contributed by atoms with E-state index in [1.165, 1.54) is 6.42 Å². The fourth-order valence-corrected chi connectivity index (χ4v) is 3.60. The predicted octanol–water partition coefficient (Wildman–Crippen LogP) is 2.23. The van der Waals surface area contributed by atoms with Crippen LogP contribution in [0.1, 0.15) is 36.7 Å². The number of ether oxygens (including phenoxy) is 1. The molecule has 98 valence electrons. The van der Waals surface area contributed by atoms with Crippen LogP contribution >= 0.6 is 11.3 Å². The van der Waals surface area contributed by atoms with Crippen LogP contribution in [0.4, 0.5) is 0 Å². The van der Waals surface area contributed by atoms with Gasteiger partial charge in [0.05, 0.1) is 18.6 Å².